The summed E-state index contributed by atoms with van der Waals surface area (Å²) in [6.07, 6.45) is 4.00. The summed E-state index contributed by atoms with van der Waals surface area (Å²) in [5, 5.41) is 5.31. The number of fused-ring (bicyclic) bond motifs is 1. The highest BCUT2D eigenvalue weighted by molar-refractivity contribution is 6.04. The van der Waals surface area contributed by atoms with Gasteiger partial charge in [0.2, 0.25) is 5.91 Å². The van der Waals surface area contributed by atoms with Gasteiger partial charge in [0.05, 0.1) is 5.41 Å². The number of amides is 1. The fraction of sp³-hybridized carbons (Fsp3) is 0.353. The molecule has 3 N–H and O–H groups in total. The third kappa shape index (κ3) is 2.18. The summed E-state index contributed by atoms with van der Waals surface area (Å²) in [4.78, 5) is 12.6. The summed E-state index contributed by atoms with van der Waals surface area (Å²) in [5.74, 6) is 0.0776. The highest BCUT2D eigenvalue weighted by atomic mass is 16.2. The predicted molar refractivity (Wildman–Crippen MR) is 82.5 cm³/mol. The molecule has 0 atom stereocenters. The molecule has 20 heavy (non-hydrogen) atoms. The fourth-order valence-electron chi connectivity index (χ4n) is 3.16. The molecular formula is C17H20N2O. The Bertz CT molecular complexity index is 624. The number of carbonyl (C=O) groups excluding carboxylic acids is 1. The first-order chi connectivity index (χ1) is 9.75. The molecule has 3 nitrogen and oxygen atoms in total. The van der Waals surface area contributed by atoms with Gasteiger partial charge in [0.25, 0.3) is 0 Å². The Balaban J connectivity index is 1.91. The number of hydrogen-bond donors (Lipinski definition) is 2. The van der Waals surface area contributed by atoms with E-state index in [1.165, 1.54) is 0 Å². The molecule has 2 aromatic carbocycles. The lowest BCUT2D eigenvalue weighted by atomic mass is 9.85. The minimum absolute atomic E-state index is 0.0776. The SMILES string of the molecule is NCC1(C(=O)Nc2cccc3ccccc23)CCCC1. The van der Waals surface area contributed by atoms with E-state index in [9.17, 15) is 4.79 Å². The zero-order valence-corrected chi connectivity index (χ0v) is 11.6. The molecule has 1 amide bonds. The summed E-state index contributed by atoms with van der Waals surface area (Å²) in [6.45, 7) is 0.434. The number of nitrogens with two attached hydrogens (primary N) is 1. The lowest BCUT2D eigenvalue weighted by molar-refractivity contribution is -0.124. The Morgan fingerprint density at radius 1 is 1.10 bits per heavy atom. The van der Waals surface area contributed by atoms with Crippen molar-refractivity contribution in [2.24, 2.45) is 11.1 Å². The highest BCUT2D eigenvalue weighted by Gasteiger charge is 2.39. The summed E-state index contributed by atoms with van der Waals surface area (Å²) >= 11 is 0. The van der Waals surface area contributed by atoms with Crippen molar-refractivity contribution < 1.29 is 4.79 Å². The lowest BCUT2D eigenvalue weighted by Crippen LogP contribution is -2.40. The fourth-order valence-corrected chi connectivity index (χ4v) is 3.16. The zero-order chi connectivity index (χ0) is 14.0. The van der Waals surface area contributed by atoms with Gasteiger partial charge in [-0.25, -0.2) is 0 Å². The molecule has 0 saturated heterocycles. The van der Waals surface area contributed by atoms with Gasteiger partial charge in [-0.05, 0) is 24.3 Å². The number of nitrogens with one attached hydrogen (secondary N) is 1. The molecule has 2 aromatic rings. The van der Waals surface area contributed by atoms with Crippen LogP contribution in [0.4, 0.5) is 5.69 Å². The average molecular weight is 268 g/mol. The molecule has 0 unspecified atom stereocenters. The van der Waals surface area contributed by atoms with Crippen molar-refractivity contribution in [3.8, 4) is 0 Å². The largest absolute Gasteiger partial charge is 0.329 e. The molecule has 3 heteroatoms. The van der Waals surface area contributed by atoms with Crippen LogP contribution in [-0.2, 0) is 4.79 Å². The smallest absolute Gasteiger partial charge is 0.231 e. The van der Waals surface area contributed by atoms with E-state index >= 15 is 0 Å². The van der Waals surface area contributed by atoms with E-state index in [0.717, 1.165) is 42.1 Å². The number of benzene rings is 2. The summed E-state index contributed by atoms with van der Waals surface area (Å²) in [7, 11) is 0. The van der Waals surface area contributed by atoms with Crippen LogP contribution in [0.1, 0.15) is 25.7 Å². The van der Waals surface area contributed by atoms with Crippen molar-refractivity contribution in [1.29, 1.82) is 0 Å². The minimum atomic E-state index is -0.364. The van der Waals surface area contributed by atoms with Crippen molar-refractivity contribution in [2.45, 2.75) is 25.7 Å². The second-order valence-electron chi connectivity index (χ2n) is 5.67. The van der Waals surface area contributed by atoms with E-state index in [4.69, 9.17) is 5.73 Å². The number of carbonyl (C=O) groups is 1. The van der Waals surface area contributed by atoms with E-state index in [2.05, 4.69) is 17.4 Å². The first kappa shape index (κ1) is 13.1. The van der Waals surface area contributed by atoms with Crippen LogP contribution in [0, 0.1) is 5.41 Å². The minimum Gasteiger partial charge on any atom is -0.329 e. The van der Waals surface area contributed by atoms with Crippen molar-refractivity contribution in [1.82, 2.24) is 0 Å². The van der Waals surface area contributed by atoms with Gasteiger partial charge >= 0.3 is 0 Å². The Labute approximate surface area is 119 Å². The second-order valence-corrected chi connectivity index (χ2v) is 5.67. The maximum Gasteiger partial charge on any atom is 0.231 e. The van der Waals surface area contributed by atoms with Gasteiger partial charge in [0, 0.05) is 17.6 Å². The van der Waals surface area contributed by atoms with Crippen LogP contribution in [0.15, 0.2) is 42.5 Å². The van der Waals surface area contributed by atoms with Gasteiger partial charge in [-0.15, -0.1) is 0 Å². The molecule has 1 fully saturated rings. The van der Waals surface area contributed by atoms with Crippen LogP contribution >= 0.6 is 0 Å². The summed E-state index contributed by atoms with van der Waals surface area (Å²) < 4.78 is 0. The number of rotatable bonds is 3. The topological polar surface area (TPSA) is 55.1 Å². The van der Waals surface area contributed by atoms with Crippen LogP contribution in [0.5, 0.6) is 0 Å². The maximum absolute atomic E-state index is 12.6. The first-order valence-corrected chi connectivity index (χ1v) is 7.24. The van der Waals surface area contributed by atoms with Gasteiger partial charge in [0.15, 0.2) is 0 Å². The molecule has 0 aliphatic heterocycles. The monoisotopic (exact) mass is 268 g/mol. The molecule has 0 spiro atoms. The molecular weight excluding hydrogens is 248 g/mol. The Morgan fingerprint density at radius 3 is 2.55 bits per heavy atom. The van der Waals surface area contributed by atoms with Gasteiger partial charge in [0.1, 0.15) is 0 Å². The molecule has 104 valence electrons. The summed E-state index contributed by atoms with van der Waals surface area (Å²) in [5.41, 5.74) is 6.39. The van der Waals surface area contributed by atoms with E-state index in [0.29, 0.717) is 6.54 Å². The van der Waals surface area contributed by atoms with E-state index < -0.39 is 0 Å². The van der Waals surface area contributed by atoms with Crippen molar-refractivity contribution in [3.05, 3.63) is 42.5 Å². The second kappa shape index (κ2) is 5.25. The van der Waals surface area contributed by atoms with Gasteiger partial charge in [-0.1, -0.05) is 49.2 Å². The highest BCUT2D eigenvalue weighted by Crippen LogP contribution is 2.38. The normalized spacial score (nSPS) is 17.2. The van der Waals surface area contributed by atoms with Crippen LogP contribution in [0.3, 0.4) is 0 Å². The van der Waals surface area contributed by atoms with Crippen LogP contribution < -0.4 is 11.1 Å². The van der Waals surface area contributed by atoms with Gasteiger partial charge in [-0.3, -0.25) is 4.79 Å². The Morgan fingerprint density at radius 2 is 1.80 bits per heavy atom. The van der Waals surface area contributed by atoms with Gasteiger partial charge < -0.3 is 11.1 Å². The number of hydrogen-bond acceptors (Lipinski definition) is 2. The molecule has 0 heterocycles. The average Bonchev–Trinajstić information content (AvgIpc) is 2.98. The predicted octanol–water partition coefficient (Wildman–Crippen LogP) is 3.30. The van der Waals surface area contributed by atoms with Crippen molar-refractivity contribution in [3.63, 3.8) is 0 Å². The Kier molecular flexibility index (Phi) is 3.45. The zero-order valence-electron chi connectivity index (χ0n) is 11.6. The molecule has 0 bridgehead atoms. The Hall–Kier alpha value is -1.87. The third-order valence-electron chi connectivity index (χ3n) is 4.47. The lowest BCUT2D eigenvalue weighted by Gasteiger charge is -2.26. The molecule has 1 aliphatic carbocycles. The first-order valence-electron chi connectivity index (χ1n) is 7.24. The molecule has 3 rings (SSSR count). The third-order valence-corrected chi connectivity index (χ3v) is 4.47. The molecule has 0 radical (unpaired) electrons. The van der Waals surface area contributed by atoms with Crippen LogP contribution in [0.2, 0.25) is 0 Å². The van der Waals surface area contributed by atoms with Gasteiger partial charge in [-0.2, -0.15) is 0 Å². The standard InChI is InChI=1S/C17H20N2O/c18-12-17(10-3-4-11-17)16(20)19-15-9-5-7-13-6-1-2-8-14(13)15/h1-2,5-9H,3-4,10-12,18H2,(H,19,20). The van der Waals surface area contributed by atoms with Crippen LogP contribution in [-0.4, -0.2) is 12.5 Å². The van der Waals surface area contributed by atoms with E-state index in [1.807, 2.05) is 30.3 Å². The molecule has 0 aromatic heterocycles. The van der Waals surface area contributed by atoms with Crippen molar-refractivity contribution in [2.75, 3.05) is 11.9 Å². The molecule has 1 aliphatic rings. The van der Waals surface area contributed by atoms with E-state index in [1.54, 1.807) is 0 Å². The molecule has 1 saturated carbocycles. The maximum atomic E-state index is 12.6. The van der Waals surface area contributed by atoms with Crippen LogP contribution in [0.25, 0.3) is 10.8 Å². The number of anilines is 1. The van der Waals surface area contributed by atoms with E-state index in [-0.39, 0.29) is 11.3 Å². The quantitative estimate of drug-likeness (QED) is 0.897. The van der Waals surface area contributed by atoms with Crippen molar-refractivity contribution >= 4 is 22.4 Å². The summed E-state index contributed by atoms with van der Waals surface area (Å²) in [6, 6.07) is 14.1.